The van der Waals surface area contributed by atoms with Crippen LogP contribution in [-0.2, 0) is 0 Å². The molecule has 0 aliphatic carbocycles. The van der Waals surface area contributed by atoms with Gasteiger partial charge in [-0.25, -0.2) is 9.78 Å². The van der Waals surface area contributed by atoms with Gasteiger partial charge in [0.15, 0.2) is 0 Å². The zero-order valence-corrected chi connectivity index (χ0v) is 11.4. The second-order valence-electron chi connectivity index (χ2n) is 3.82. The van der Waals surface area contributed by atoms with Crippen LogP contribution in [0.3, 0.4) is 0 Å². The number of nitrogens with zero attached hydrogens (tertiary/aromatic N) is 1. The fourth-order valence-corrected chi connectivity index (χ4v) is 1.96. The van der Waals surface area contributed by atoms with Gasteiger partial charge in [0.25, 0.3) is 5.91 Å². The van der Waals surface area contributed by atoms with Crippen molar-refractivity contribution in [2.75, 3.05) is 5.32 Å². The van der Waals surface area contributed by atoms with Gasteiger partial charge in [-0.2, -0.15) is 0 Å². The van der Waals surface area contributed by atoms with Crippen molar-refractivity contribution in [3.05, 3.63) is 57.8 Å². The van der Waals surface area contributed by atoms with E-state index in [1.54, 1.807) is 6.07 Å². The lowest BCUT2D eigenvalue weighted by atomic mass is 10.2. The Kier molecular flexibility index (Phi) is 4.22. The van der Waals surface area contributed by atoms with E-state index < -0.39 is 11.9 Å². The van der Waals surface area contributed by atoms with Gasteiger partial charge >= 0.3 is 5.97 Å². The summed E-state index contributed by atoms with van der Waals surface area (Å²) in [6.07, 6.45) is 1.26. The highest BCUT2D eigenvalue weighted by atomic mass is 35.5. The molecular weight excluding hydrogens is 303 g/mol. The molecule has 1 amide bonds. The molecular formula is C13H8Cl2N2O3. The van der Waals surface area contributed by atoms with Crippen LogP contribution in [-0.4, -0.2) is 22.0 Å². The largest absolute Gasteiger partial charge is 0.477 e. The molecule has 1 aromatic carbocycles. The fraction of sp³-hybridized carbons (Fsp3) is 0. The molecule has 1 heterocycles. The number of carbonyl (C=O) groups excluding carboxylic acids is 1. The average molecular weight is 311 g/mol. The average Bonchev–Trinajstić information content (AvgIpc) is 2.39. The van der Waals surface area contributed by atoms with E-state index in [2.05, 4.69) is 10.3 Å². The number of hydrogen-bond donors (Lipinski definition) is 2. The van der Waals surface area contributed by atoms with E-state index in [1.165, 1.54) is 30.5 Å². The topological polar surface area (TPSA) is 79.3 Å². The number of aromatic nitrogens is 1. The second kappa shape index (κ2) is 5.90. The van der Waals surface area contributed by atoms with Gasteiger partial charge in [0.2, 0.25) is 0 Å². The van der Waals surface area contributed by atoms with E-state index in [1.807, 2.05) is 0 Å². The molecule has 102 valence electrons. The van der Waals surface area contributed by atoms with Gasteiger partial charge in [-0.15, -0.1) is 0 Å². The van der Waals surface area contributed by atoms with Crippen LogP contribution in [0.2, 0.25) is 10.0 Å². The van der Waals surface area contributed by atoms with Gasteiger partial charge in [0.05, 0.1) is 22.5 Å². The summed E-state index contributed by atoms with van der Waals surface area (Å²) in [5, 5.41) is 11.9. The number of pyridine rings is 1. The normalized spacial score (nSPS) is 10.1. The number of carboxylic acids is 1. The molecule has 0 aliphatic rings. The molecule has 5 nitrogen and oxygen atoms in total. The summed E-state index contributed by atoms with van der Waals surface area (Å²) >= 11 is 11.7. The van der Waals surface area contributed by atoms with Crippen LogP contribution in [0.25, 0.3) is 0 Å². The Morgan fingerprint density at radius 3 is 2.45 bits per heavy atom. The summed E-state index contributed by atoms with van der Waals surface area (Å²) in [6.45, 7) is 0. The van der Waals surface area contributed by atoms with E-state index in [-0.39, 0.29) is 16.3 Å². The Balaban J connectivity index is 2.17. The van der Waals surface area contributed by atoms with Crippen molar-refractivity contribution >= 4 is 40.8 Å². The molecule has 2 N–H and O–H groups in total. The summed E-state index contributed by atoms with van der Waals surface area (Å²) in [6, 6.07) is 7.25. The quantitative estimate of drug-likeness (QED) is 0.911. The van der Waals surface area contributed by atoms with E-state index in [9.17, 15) is 9.59 Å². The highest BCUT2D eigenvalue weighted by Gasteiger charge is 2.11. The van der Waals surface area contributed by atoms with Crippen molar-refractivity contribution in [3.8, 4) is 0 Å². The Labute approximate surface area is 124 Å². The molecule has 20 heavy (non-hydrogen) atoms. The van der Waals surface area contributed by atoms with E-state index >= 15 is 0 Å². The van der Waals surface area contributed by atoms with Gasteiger partial charge in [-0.05, 0) is 30.3 Å². The van der Waals surface area contributed by atoms with Gasteiger partial charge in [0.1, 0.15) is 5.69 Å². The second-order valence-corrected chi connectivity index (χ2v) is 4.66. The lowest BCUT2D eigenvalue weighted by molar-refractivity contribution is 0.0690. The number of amides is 1. The smallest absolute Gasteiger partial charge is 0.354 e. The number of halogens is 2. The van der Waals surface area contributed by atoms with Crippen LogP contribution in [0.15, 0.2) is 36.5 Å². The molecule has 0 aliphatic heterocycles. The lowest BCUT2D eigenvalue weighted by Gasteiger charge is -2.07. The maximum atomic E-state index is 12.0. The first-order valence-electron chi connectivity index (χ1n) is 5.43. The van der Waals surface area contributed by atoms with E-state index in [0.29, 0.717) is 10.7 Å². The minimum atomic E-state index is -1.14. The Hall–Kier alpha value is -2.11. The molecule has 7 heteroatoms. The third-order valence-electron chi connectivity index (χ3n) is 2.42. The first kappa shape index (κ1) is 14.3. The lowest BCUT2D eigenvalue weighted by Crippen LogP contribution is -2.13. The molecule has 0 fully saturated rings. The molecule has 0 unspecified atom stereocenters. The first-order valence-corrected chi connectivity index (χ1v) is 6.18. The third kappa shape index (κ3) is 3.26. The maximum Gasteiger partial charge on any atom is 0.354 e. The number of nitrogens with one attached hydrogen (secondary N) is 1. The zero-order valence-electron chi connectivity index (χ0n) is 9.93. The SMILES string of the molecule is O=C(O)c1ccc(NC(=O)c2ccc(Cl)cc2Cl)cn1. The predicted octanol–water partition coefficient (Wildman–Crippen LogP) is 3.34. The minimum absolute atomic E-state index is 0.104. The van der Waals surface area contributed by atoms with Crippen LogP contribution >= 0.6 is 23.2 Å². The Morgan fingerprint density at radius 2 is 1.90 bits per heavy atom. The number of carboxylic acid groups (broad SMARTS) is 1. The van der Waals surface area contributed by atoms with Crippen molar-refractivity contribution in [1.29, 1.82) is 0 Å². The van der Waals surface area contributed by atoms with Crippen LogP contribution in [0.1, 0.15) is 20.8 Å². The summed E-state index contributed by atoms with van der Waals surface area (Å²) in [5.74, 6) is -1.57. The standard InChI is InChI=1S/C13H8Cl2N2O3/c14-7-1-3-9(10(15)5-7)12(18)17-8-2-4-11(13(19)20)16-6-8/h1-6H,(H,17,18)(H,19,20). The third-order valence-corrected chi connectivity index (χ3v) is 2.96. The molecule has 0 saturated heterocycles. The van der Waals surface area contributed by atoms with Crippen LogP contribution in [0, 0.1) is 0 Å². The highest BCUT2D eigenvalue weighted by Crippen LogP contribution is 2.22. The van der Waals surface area contributed by atoms with Crippen LogP contribution in [0.5, 0.6) is 0 Å². The summed E-state index contributed by atoms with van der Waals surface area (Å²) in [7, 11) is 0. The van der Waals surface area contributed by atoms with Crippen molar-refractivity contribution in [3.63, 3.8) is 0 Å². The molecule has 0 spiro atoms. The van der Waals surface area contributed by atoms with Gasteiger partial charge in [-0.3, -0.25) is 4.79 Å². The van der Waals surface area contributed by atoms with Crippen molar-refractivity contribution in [2.24, 2.45) is 0 Å². The maximum absolute atomic E-state index is 12.0. The molecule has 0 radical (unpaired) electrons. The predicted molar refractivity (Wildman–Crippen MR) is 75.6 cm³/mol. The number of hydrogen-bond acceptors (Lipinski definition) is 3. The van der Waals surface area contributed by atoms with Crippen molar-refractivity contribution in [2.45, 2.75) is 0 Å². The van der Waals surface area contributed by atoms with Gasteiger partial charge < -0.3 is 10.4 Å². The van der Waals surface area contributed by atoms with Gasteiger partial charge in [-0.1, -0.05) is 23.2 Å². The summed E-state index contributed by atoms with van der Waals surface area (Å²) in [5.41, 5.74) is 0.525. The zero-order chi connectivity index (χ0) is 14.7. The molecule has 0 atom stereocenters. The number of aromatic carboxylic acids is 1. The fourth-order valence-electron chi connectivity index (χ4n) is 1.47. The molecule has 2 aromatic rings. The minimum Gasteiger partial charge on any atom is -0.477 e. The van der Waals surface area contributed by atoms with Crippen molar-refractivity contribution in [1.82, 2.24) is 4.98 Å². The molecule has 0 saturated carbocycles. The molecule has 1 aromatic heterocycles. The molecule has 2 rings (SSSR count). The van der Waals surface area contributed by atoms with Gasteiger partial charge in [0, 0.05) is 5.02 Å². The number of carbonyl (C=O) groups is 2. The number of rotatable bonds is 3. The monoisotopic (exact) mass is 310 g/mol. The Bertz CT molecular complexity index is 672. The van der Waals surface area contributed by atoms with E-state index in [4.69, 9.17) is 28.3 Å². The van der Waals surface area contributed by atoms with Crippen LogP contribution in [0.4, 0.5) is 5.69 Å². The first-order chi connectivity index (χ1) is 9.47. The van der Waals surface area contributed by atoms with Crippen molar-refractivity contribution < 1.29 is 14.7 Å². The highest BCUT2D eigenvalue weighted by molar-refractivity contribution is 6.37. The number of benzene rings is 1. The van der Waals surface area contributed by atoms with Crippen LogP contribution < -0.4 is 5.32 Å². The summed E-state index contributed by atoms with van der Waals surface area (Å²) < 4.78 is 0. The number of anilines is 1. The molecule has 0 bridgehead atoms. The summed E-state index contributed by atoms with van der Waals surface area (Å²) in [4.78, 5) is 26.3. The van der Waals surface area contributed by atoms with E-state index in [0.717, 1.165) is 0 Å². The Morgan fingerprint density at radius 1 is 1.15 bits per heavy atom.